The van der Waals surface area contributed by atoms with Crippen molar-refractivity contribution in [3.8, 4) is 0 Å². The van der Waals surface area contributed by atoms with Gasteiger partial charge in [0.05, 0.1) is 23.2 Å². The Balaban J connectivity index is 1.95. The summed E-state index contributed by atoms with van der Waals surface area (Å²) in [5.74, 6) is -0.208. The highest BCUT2D eigenvalue weighted by molar-refractivity contribution is 6.54. The van der Waals surface area contributed by atoms with E-state index in [0.717, 1.165) is 11.9 Å². The van der Waals surface area contributed by atoms with Gasteiger partial charge in [0.2, 0.25) is 0 Å². The lowest BCUT2D eigenvalue weighted by Gasteiger charge is -2.32. The molecule has 0 aliphatic carbocycles. The van der Waals surface area contributed by atoms with Crippen molar-refractivity contribution in [1.29, 1.82) is 0 Å². The number of hydrogen-bond donors (Lipinski definition) is 0. The second-order valence-electron chi connectivity index (χ2n) is 8.13. The van der Waals surface area contributed by atoms with Crippen LogP contribution in [0.1, 0.15) is 54.9 Å². The summed E-state index contributed by atoms with van der Waals surface area (Å²) in [5.41, 5.74) is -0.0139. The minimum absolute atomic E-state index is 0.208. The molecular weight excluding hydrogens is 281 g/mol. The van der Waals surface area contributed by atoms with E-state index in [9.17, 15) is 4.79 Å². The third-order valence-corrected chi connectivity index (χ3v) is 4.59. The van der Waals surface area contributed by atoms with Gasteiger partial charge in [-0.3, -0.25) is 0 Å². The average molecular weight is 309 g/mol. The topological polar surface area (TPSA) is 48.0 Å². The molecule has 2 rings (SSSR count). The van der Waals surface area contributed by atoms with Crippen molar-refractivity contribution in [2.24, 2.45) is 5.41 Å². The van der Waals surface area contributed by atoms with Gasteiger partial charge in [0, 0.05) is 6.54 Å². The lowest BCUT2D eigenvalue weighted by molar-refractivity contribution is -0.198. The van der Waals surface area contributed by atoms with Crippen LogP contribution in [0.5, 0.6) is 0 Å². The van der Waals surface area contributed by atoms with Gasteiger partial charge in [0.15, 0.2) is 0 Å². The van der Waals surface area contributed by atoms with Crippen molar-refractivity contribution in [3.63, 3.8) is 0 Å². The Kier molecular flexibility index (Phi) is 4.50. The number of carbonyl (C=O) groups excluding carboxylic acids is 1. The molecule has 0 atom stereocenters. The summed E-state index contributed by atoms with van der Waals surface area (Å²) >= 11 is 0. The number of rotatable bonds is 2. The summed E-state index contributed by atoms with van der Waals surface area (Å²) < 4.78 is 12.1. The Bertz CT molecular complexity index is 463. The fraction of sp³-hybridized carbons (Fsp3) is 0.812. The van der Waals surface area contributed by atoms with E-state index >= 15 is 0 Å². The number of nitrogens with zero attached hydrogens (tertiary/aromatic N) is 1. The molecule has 5 nitrogen and oxygen atoms in total. The molecule has 6 heteroatoms. The molecule has 0 amide bonds. The van der Waals surface area contributed by atoms with E-state index in [1.807, 2.05) is 54.5 Å². The number of hydroxylamine groups is 2. The summed E-state index contributed by atoms with van der Waals surface area (Å²) in [5, 5.41) is 1.70. The van der Waals surface area contributed by atoms with Crippen LogP contribution in [0, 0.1) is 5.41 Å². The molecule has 2 aliphatic heterocycles. The maximum Gasteiger partial charge on any atom is 0.490 e. The molecule has 0 aromatic carbocycles. The van der Waals surface area contributed by atoms with Crippen LogP contribution in [-0.4, -0.2) is 42.4 Å². The molecule has 0 bridgehead atoms. The molecular formula is C16H28BNO4. The molecule has 0 unspecified atom stereocenters. The van der Waals surface area contributed by atoms with E-state index < -0.39 is 5.41 Å². The van der Waals surface area contributed by atoms with Crippen molar-refractivity contribution >= 4 is 13.1 Å². The normalized spacial score (nSPS) is 25.0. The van der Waals surface area contributed by atoms with Crippen LogP contribution >= 0.6 is 0 Å². The largest absolute Gasteiger partial charge is 0.490 e. The van der Waals surface area contributed by atoms with Crippen molar-refractivity contribution in [2.75, 3.05) is 13.1 Å². The van der Waals surface area contributed by atoms with Crippen molar-refractivity contribution in [1.82, 2.24) is 5.06 Å². The zero-order valence-corrected chi connectivity index (χ0v) is 14.9. The first kappa shape index (κ1) is 17.5. The molecule has 0 radical (unpaired) electrons. The Morgan fingerprint density at radius 3 is 2.18 bits per heavy atom. The van der Waals surface area contributed by atoms with Gasteiger partial charge in [0.1, 0.15) is 0 Å². The zero-order chi connectivity index (χ0) is 16.8. The predicted molar refractivity (Wildman–Crippen MR) is 85.9 cm³/mol. The second-order valence-corrected chi connectivity index (χ2v) is 8.13. The van der Waals surface area contributed by atoms with Gasteiger partial charge in [-0.15, -0.1) is 5.06 Å². The van der Waals surface area contributed by atoms with Crippen LogP contribution in [0.3, 0.4) is 0 Å². The molecule has 2 heterocycles. The van der Waals surface area contributed by atoms with Gasteiger partial charge < -0.3 is 14.1 Å². The van der Waals surface area contributed by atoms with Crippen LogP contribution in [-0.2, 0) is 18.9 Å². The molecule has 0 N–H and O–H groups in total. The third-order valence-electron chi connectivity index (χ3n) is 4.59. The van der Waals surface area contributed by atoms with E-state index in [1.165, 1.54) is 0 Å². The second kappa shape index (κ2) is 5.66. The summed E-state index contributed by atoms with van der Waals surface area (Å²) in [4.78, 5) is 17.3. The minimum Gasteiger partial charge on any atom is -0.400 e. The SMILES string of the molecule is CC(C)(C)C(=O)ON1CC=C(B2OC(C)(C)C(C)(C)O2)CC1. The van der Waals surface area contributed by atoms with E-state index in [0.29, 0.717) is 13.1 Å². The highest BCUT2D eigenvalue weighted by Gasteiger charge is 2.52. The quantitative estimate of drug-likeness (QED) is 0.734. The lowest BCUT2D eigenvalue weighted by atomic mass is 9.75. The lowest BCUT2D eigenvalue weighted by Crippen LogP contribution is -2.41. The van der Waals surface area contributed by atoms with Crippen LogP contribution in [0.15, 0.2) is 11.5 Å². The Morgan fingerprint density at radius 1 is 1.23 bits per heavy atom. The summed E-state index contributed by atoms with van der Waals surface area (Å²) in [6, 6.07) is 0. The zero-order valence-electron chi connectivity index (χ0n) is 14.9. The molecule has 0 spiro atoms. The van der Waals surface area contributed by atoms with Crippen molar-refractivity contribution < 1.29 is 18.9 Å². The smallest absolute Gasteiger partial charge is 0.400 e. The molecule has 1 fully saturated rings. The number of carbonyl (C=O) groups is 1. The molecule has 0 aromatic heterocycles. The highest BCUT2D eigenvalue weighted by Crippen LogP contribution is 2.39. The standard InChI is InChI=1S/C16H28BNO4/c1-14(2,3)13(19)20-18-10-8-12(9-11-18)17-21-15(4,5)16(6,7)22-17/h8H,9-11H2,1-7H3. The fourth-order valence-electron chi connectivity index (χ4n) is 2.21. The minimum atomic E-state index is -0.490. The number of hydrogen-bond acceptors (Lipinski definition) is 5. The third kappa shape index (κ3) is 3.55. The van der Waals surface area contributed by atoms with Gasteiger partial charge in [-0.25, -0.2) is 4.79 Å². The maximum absolute atomic E-state index is 11.9. The monoisotopic (exact) mass is 309 g/mol. The first-order valence-electron chi connectivity index (χ1n) is 7.94. The fourth-order valence-corrected chi connectivity index (χ4v) is 2.21. The molecule has 0 saturated carbocycles. The van der Waals surface area contributed by atoms with Crippen LogP contribution in [0.25, 0.3) is 0 Å². The molecule has 22 heavy (non-hydrogen) atoms. The molecule has 0 aromatic rings. The van der Waals surface area contributed by atoms with Crippen LogP contribution in [0.4, 0.5) is 0 Å². The Morgan fingerprint density at radius 2 is 1.77 bits per heavy atom. The van der Waals surface area contributed by atoms with Gasteiger partial charge in [-0.1, -0.05) is 6.08 Å². The predicted octanol–water partition coefficient (Wildman–Crippen LogP) is 2.75. The molecule has 1 saturated heterocycles. The van der Waals surface area contributed by atoms with E-state index in [4.69, 9.17) is 14.1 Å². The maximum atomic E-state index is 11.9. The average Bonchev–Trinajstić information content (AvgIpc) is 2.58. The summed E-state index contributed by atoms with van der Waals surface area (Å²) in [7, 11) is -0.300. The van der Waals surface area contributed by atoms with E-state index in [2.05, 4.69) is 0 Å². The summed E-state index contributed by atoms with van der Waals surface area (Å²) in [6.45, 7) is 15.0. The molecule has 124 valence electrons. The first-order valence-corrected chi connectivity index (χ1v) is 7.94. The Labute approximate surface area is 134 Å². The van der Waals surface area contributed by atoms with Crippen LogP contribution in [0.2, 0.25) is 0 Å². The first-order chi connectivity index (χ1) is 9.92. The summed E-state index contributed by atoms with van der Waals surface area (Å²) in [6.07, 6.45) is 2.82. The van der Waals surface area contributed by atoms with Gasteiger partial charge >= 0.3 is 13.1 Å². The van der Waals surface area contributed by atoms with Crippen molar-refractivity contribution in [3.05, 3.63) is 11.5 Å². The van der Waals surface area contributed by atoms with Gasteiger partial charge in [0.25, 0.3) is 0 Å². The van der Waals surface area contributed by atoms with Gasteiger partial charge in [-0.2, -0.15) is 0 Å². The van der Waals surface area contributed by atoms with Gasteiger partial charge in [-0.05, 0) is 60.4 Å². The van der Waals surface area contributed by atoms with Crippen molar-refractivity contribution in [2.45, 2.75) is 66.1 Å². The van der Waals surface area contributed by atoms with E-state index in [-0.39, 0.29) is 24.3 Å². The Hall–Kier alpha value is -0.845. The van der Waals surface area contributed by atoms with Crippen LogP contribution < -0.4 is 0 Å². The van der Waals surface area contributed by atoms with E-state index in [1.54, 1.807) is 5.06 Å². The molecule has 2 aliphatic rings. The highest BCUT2D eigenvalue weighted by atomic mass is 16.7.